The van der Waals surface area contributed by atoms with Crippen LogP contribution in [0.4, 0.5) is 5.00 Å². The lowest BCUT2D eigenvalue weighted by molar-refractivity contribution is -0.380. The van der Waals surface area contributed by atoms with Crippen LogP contribution in [0.3, 0.4) is 0 Å². The van der Waals surface area contributed by atoms with E-state index >= 15 is 0 Å². The molecule has 1 saturated carbocycles. The Kier molecular flexibility index (Phi) is 6.38. The number of nitrogens with zero attached hydrogens (tertiary/aromatic N) is 1. The molecule has 112 valence electrons. The highest BCUT2D eigenvalue weighted by atomic mass is 35.5. The predicted molar refractivity (Wildman–Crippen MR) is 80.5 cm³/mol. The number of amides is 1. The van der Waals surface area contributed by atoms with Crippen molar-refractivity contribution in [2.75, 3.05) is 6.54 Å². The van der Waals surface area contributed by atoms with Gasteiger partial charge in [0.2, 0.25) is 0 Å². The molecule has 1 aliphatic carbocycles. The minimum Gasteiger partial charge on any atom is -0.348 e. The molecule has 1 heterocycles. The highest BCUT2D eigenvalue weighted by Gasteiger charge is 2.26. The number of hydrogen-bond donors (Lipinski definition) is 2. The molecule has 2 unspecified atom stereocenters. The third kappa shape index (κ3) is 3.91. The van der Waals surface area contributed by atoms with Gasteiger partial charge in [0.05, 0.1) is 9.80 Å². The van der Waals surface area contributed by atoms with Crippen molar-refractivity contribution < 1.29 is 9.72 Å². The molecule has 1 aromatic rings. The molecule has 20 heavy (non-hydrogen) atoms. The van der Waals surface area contributed by atoms with Crippen LogP contribution in [0.25, 0.3) is 0 Å². The normalized spacial score (nSPS) is 21.9. The van der Waals surface area contributed by atoms with Gasteiger partial charge in [-0.3, -0.25) is 14.9 Å². The molecule has 1 aromatic heterocycles. The molecule has 0 aliphatic heterocycles. The Morgan fingerprint density at radius 1 is 1.45 bits per heavy atom. The molecule has 0 spiro atoms. The number of nitrogens with two attached hydrogens (primary N) is 1. The van der Waals surface area contributed by atoms with Gasteiger partial charge in [-0.15, -0.1) is 12.4 Å². The van der Waals surface area contributed by atoms with Crippen LogP contribution in [0.1, 0.15) is 35.4 Å². The maximum absolute atomic E-state index is 12.0. The van der Waals surface area contributed by atoms with Crippen molar-refractivity contribution in [3.63, 3.8) is 0 Å². The Balaban J connectivity index is 0.00000200. The lowest BCUT2D eigenvalue weighted by Crippen LogP contribution is -2.44. The molecule has 1 fully saturated rings. The molecule has 0 aromatic carbocycles. The van der Waals surface area contributed by atoms with Crippen molar-refractivity contribution in [3.05, 3.63) is 27.1 Å². The molecular formula is C12H18ClN3O3S. The van der Waals surface area contributed by atoms with Crippen LogP contribution in [0, 0.1) is 16.0 Å². The second kappa shape index (κ2) is 7.56. The van der Waals surface area contributed by atoms with Gasteiger partial charge in [-0.1, -0.05) is 24.2 Å². The van der Waals surface area contributed by atoms with Gasteiger partial charge in [0, 0.05) is 12.1 Å². The fourth-order valence-corrected chi connectivity index (χ4v) is 3.19. The topological polar surface area (TPSA) is 98.3 Å². The summed E-state index contributed by atoms with van der Waals surface area (Å²) in [6.45, 7) is 0.565. The Hall–Kier alpha value is -1.18. The van der Waals surface area contributed by atoms with Crippen molar-refractivity contribution in [1.29, 1.82) is 0 Å². The molecule has 8 heteroatoms. The van der Waals surface area contributed by atoms with Crippen LogP contribution >= 0.6 is 23.7 Å². The first-order chi connectivity index (χ1) is 9.11. The number of thiophene rings is 1. The smallest absolute Gasteiger partial charge is 0.324 e. The van der Waals surface area contributed by atoms with E-state index in [9.17, 15) is 14.9 Å². The van der Waals surface area contributed by atoms with Crippen molar-refractivity contribution in [3.8, 4) is 0 Å². The number of halogens is 1. The lowest BCUT2D eigenvalue weighted by atomic mass is 9.84. The van der Waals surface area contributed by atoms with Gasteiger partial charge >= 0.3 is 5.00 Å². The van der Waals surface area contributed by atoms with Gasteiger partial charge in [-0.25, -0.2) is 0 Å². The van der Waals surface area contributed by atoms with Crippen LogP contribution in [0.2, 0.25) is 0 Å². The summed E-state index contributed by atoms with van der Waals surface area (Å²) in [4.78, 5) is 22.5. The van der Waals surface area contributed by atoms with Crippen LogP contribution in [0.15, 0.2) is 12.1 Å². The zero-order valence-electron chi connectivity index (χ0n) is 10.9. The second-order valence-corrected chi connectivity index (χ2v) is 5.82. The van der Waals surface area contributed by atoms with E-state index in [2.05, 4.69) is 5.32 Å². The van der Waals surface area contributed by atoms with Gasteiger partial charge in [-0.05, 0) is 31.4 Å². The van der Waals surface area contributed by atoms with E-state index in [-0.39, 0.29) is 29.4 Å². The van der Waals surface area contributed by atoms with E-state index < -0.39 is 4.92 Å². The molecule has 0 saturated heterocycles. The van der Waals surface area contributed by atoms with E-state index in [1.165, 1.54) is 12.1 Å². The summed E-state index contributed by atoms with van der Waals surface area (Å²) < 4.78 is 0. The quantitative estimate of drug-likeness (QED) is 0.657. The standard InChI is InChI=1S/C12H17N3O3S.ClH/c13-7-8-3-1-2-4-9(8)14-12(16)10-5-6-11(19-10)15(17)18;/h5-6,8-9H,1-4,7,13H2,(H,14,16);1H. The average molecular weight is 320 g/mol. The predicted octanol–water partition coefficient (Wildman–Crippen LogP) is 2.33. The van der Waals surface area contributed by atoms with Crippen LogP contribution in [-0.2, 0) is 0 Å². The van der Waals surface area contributed by atoms with Gasteiger partial charge in [-0.2, -0.15) is 0 Å². The number of nitrogens with one attached hydrogen (secondary N) is 1. The first-order valence-corrected chi connectivity index (χ1v) is 7.18. The Bertz CT molecular complexity index is 480. The second-order valence-electron chi connectivity index (χ2n) is 4.76. The van der Waals surface area contributed by atoms with Gasteiger partial charge in [0.1, 0.15) is 0 Å². The minimum absolute atomic E-state index is 0. The molecular weight excluding hydrogens is 302 g/mol. The lowest BCUT2D eigenvalue weighted by Gasteiger charge is -2.31. The zero-order chi connectivity index (χ0) is 13.8. The molecule has 1 aliphatic rings. The fourth-order valence-electron chi connectivity index (χ4n) is 2.47. The van der Waals surface area contributed by atoms with E-state index in [0.717, 1.165) is 37.0 Å². The monoisotopic (exact) mass is 319 g/mol. The number of carbonyl (C=O) groups is 1. The summed E-state index contributed by atoms with van der Waals surface area (Å²) in [7, 11) is 0. The molecule has 0 radical (unpaired) electrons. The highest BCUT2D eigenvalue weighted by molar-refractivity contribution is 7.17. The summed E-state index contributed by atoms with van der Waals surface area (Å²) >= 11 is 0.904. The zero-order valence-corrected chi connectivity index (χ0v) is 12.5. The molecule has 1 amide bonds. The molecule has 0 bridgehead atoms. The van der Waals surface area contributed by atoms with Gasteiger partial charge in [0.25, 0.3) is 5.91 Å². The largest absolute Gasteiger partial charge is 0.348 e. The first-order valence-electron chi connectivity index (χ1n) is 6.37. The minimum atomic E-state index is -0.481. The average Bonchev–Trinajstić information content (AvgIpc) is 2.89. The number of nitro groups is 1. The fraction of sp³-hybridized carbons (Fsp3) is 0.583. The van der Waals surface area contributed by atoms with Crippen molar-refractivity contribution in [2.24, 2.45) is 11.7 Å². The van der Waals surface area contributed by atoms with Gasteiger partial charge in [0.15, 0.2) is 0 Å². The van der Waals surface area contributed by atoms with Crippen molar-refractivity contribution in [2.45, 2.75) is 31.7 Å². The number of carbonyl (C=O) groups excluding carboxylic acids is 1. The first kappa shape index (κ1) is 16.9. The van der Waals surface area contributed by atoms with Crippen LogP contribution in [-0.4, -0.2) is 23.4 Å². The summed E-state index contributed by atoms with van der Waals surface area (Å²) in [5.41, 5.74) is 5.71. The summed E-state index contributed by atoms with van der Waals surface area (Å²) in [5.74, 6) is 0.0797. The third-order valence-electron chi connectivity index (χ3n) is 3.52. The van der Waals surface area contributed by atoms with E-state index in [4.69, 9.17) is 5.73 Å². The maximum atomic E-state index is 12.0. The highest BCUT2D eigenvalue weighted by Crippen LogP contribution is 2.26. The summed E-state index contributed by atoms with van der Waals surface area (Å²) in [6, 6.07) is 2.95. The summed E-state index contributed by atoms with van der Waals surface area (Å²) in [5, 5.41) is 13.5. The molecule has 6 nitrogen and oxygen atoms in total. The maximum Gasteiger partial charge on any atom is 0.324 e. The van der Waals surface area contributed by atoms with E-state index in [1.54, 1.807) is 0 Å². The Morgan fingerprint density at radius 3 is 2.75 bits per heavy atom. The molecule has 2 atom stereocenters. The van der Waals surface area contributed by atoms with Crippen molar-refractivity contribution >= 4 is 34.7 Å². The SMILES string of the molecule is Cl.NCC1CCCCC1NC(=O)c1ccc([N+](=O)[O-])s1. The van der Waals surface area contributed by atoms with Gasteiger partial charge < -0.3 is 11.1 Å². The molecule has 2 rings (SSSR count). The van der Waals surface area contributed by atoms with Crippen molar-refractivity contribution in [1.82, 2.24) is 5.32 Å². The molecule has 3 N–H and O–H groups in total. The third-order valence-corrected chi connectivity index (χ3v) is 4.56. The van der Waals surface area contributed by atoms with E-state index in [1.807, 2.05) is 0 Å². The Morgan fingerprint density at radius 2 is 2.15 bits per heavy atom. The summed E-state index contributed by atoms with van der Waals surface area (Å²) in [6.07, 6.45) is 4.21. The number of hydrogen-bond acceptors (Lipinski definition) is 5. The van der Waals surface area contributed by atoms with E-state index in [0.29, 0.717) is 17.3 Å². The number of rotatable bonds is 4. The Labute approximate surface area is 127 Å². The van der Waals surface area contributed by atoms with Crippen LogP contribution in [0.5, 0.6) is 0 Å². The van der Waals surface area contributed by atoms with Crippen LogP contribution < -0.4 is 11.1 Å².